The minimum atomic E-state index is -0.260. The van der Waals surface area contributed by atoms with Crippen LogP contribution >= 0.6 is 0 Å². The van der Waals surface area contributed by atoms with Crippen LogP contribution in [0.15, 0.2) is 24.3 Å². The molecule has 122 valence electrons. The Morgan fingerprint density at radius 1 is 1.27 bits per heavy atom. The number of benzene rings is 1. The highest BCUT2D eigenvalue weighted by Gasteiger charge is 2.18. The summed E-state index contributed by atoms with van der Waals surface area (Å²) in [6.07, 6.45) is 8.28. The van der Waals surface area contributed by atoms with E-state index in [1.165, 1.54) is 32.1 Å². The number of nitrogens with one attached hydrogen (secondary N) is 1. The van der Waals surface area contributed by atoms with Gasteiger partial charge in [-0.2, -0.15) is 0 Å². The van der Waals surface area contributed by atoms with Crippen molar-refractivity contribution in [1.82, 2.24) is 5.32 Å². The van der Waals surface area contributed by atoms with Gasteiger partial charge in [0.05, 0.1) is 5.56 Å². The Bertz CT molecular complexity index is 453. The molecule has 4 nitrogen and oxygen atoms in total. The fourth-order valence-corrected chi connectivity index (χ4v) is 2.97. The van der Waals surface area contributed by atoms with E-state index in [2.05, 4.69) is 12.2 Å². The summed E-state index contributed by atoms with van der Waals surface area (Å²) in [6.45, 7) is 2.86. The molecule has 1 saturated carbocycles. The topological polar surface area (TPSA) is 64.3 Å². The van der Waals surface area contributed by atoms with Crippen molar-refractivity contribution in [1.29, 1.82) is 0 Å². The number of anilines is 1. The Morgan fingerprint density at radius 2 is 1.95 bits per heavy atom. The SMILES string of the molecule is CCCC(CNC1CCCCC1)OC(=O)c1ccc(N)cc1. The molecule has 1 aliphatic rings. The van der Waals surface area contributed by atoms with Crippen molar-refractivity contribution >= 4 is 11.7 Å². The maximum atomic E-state index is 12.2. The van der Waals surface area contributed by atoms with Crippen LogP contribution in [0.3, 0.4) is 0 Å². The lowest BCUT2D eigenvalue weighted by atomic mass is 9.95. The van der Waals surface area contributed by atoms with Gasteiger partial charge in [0.15, 0.2) is 0 Å². The van der Waals surface area contributed by atoms with E-state index in [1.54, 1.807) is 24.3 Å². The predicted octanol–water partition coefficient (Wildman–Crippen LogP) is 3.52. The molecular weight excluding hydrogens is 276 g/mol. The molecule has 1 unspecified atom stereocenters. The summed E-state index contributed by atoms with van der Waals surface area (Å²) < 4.78 is 5.67. The minimum absolute atomic E-state index is 0.0584. The number of carbonyl (C=O) groups is 1. The van der Waals surface area contributed by atoms with Crippen LogP contribution in [0.5, 0.6) is 0 Å². The van der Waals surface area contributed by atoms with E-state index in [0.717, 1.165) is 19.4 Å². The van der Waals surface area contributed by atoms with Crippen LogP contribution in [0.4, 0.5) is 5.69 Å². The Kier molecular flexibility index (Phi) is 6.72. The molecule has 0 aliphatic heterocycles. The molecular formula is C18H28N2O2. The summed E-state index contributed by atoms with van der Waals surface area (Å²) in [5.41, 5.74) is 6.86. The van der Waals surface area contributed by atoms with Crippen molar-refractivity contribution in [2.45, 2.75) is 64.0 Å². The molecule has 0 spiro atoms. The highest BCUT2D eigenvalue weighted by molar-refractivity contribution is 5.89. The molecule has 0 bridgehead atoms. The lowest BCUT2D eigenvalue weighted by molar-refractivity contribution is 0.0272. The number of rotatable bonds is 7. The zero-order valence-electron chi connectivity index (χ0n) is 13.5. The van der Waals surface area contributed by atoms with Gasteiger partial charge < -0.3 is 15.8 Å². The van der Waals surface area contributed by atoms with E-state index in [0.29, 0.717) is 17.3 Å². The van der Waals surface area contributed by atoms with E-state index >= 15 is 0 Å². The summed E-state index contributed by atoms with van der Waals surface area (Å²) in [4.78, 5) is 12.2. The summed E-state index contributed by atoms with van der Waals surface area (Å²) in [5.74, 6) is -0.260. The Labute approximate surface area is 133 Å². The van der Waals surface area contributed by atoms with Crippen molar-refractivity contribution in [2.24, 2.45) is 0 Å². The molecule has 1 aliphatic carbocycles. The first-order valence-corrected chi connectivity index (χ1v) is 8.49. The molecule has 2 rings (SSSR count). The second kappa shape index (κ2) is 8.79. The zero-order chi connectivity index (χ0) is 15.8. The smallest absolute Gasteiger partial charge is 0.338 e. The summed E-state index contributed by atoms with van der Waals surface area (Å²) in [6, 6.07) is 7.48. The number of ether oxygens (including phenoxy) is 1. The fraction of sp³-hybridized carbons (Fsp3) is 0.611. The predicted molar refractivity (Wildman–Crippen MR) is 89.8 cm³/mol. The Morgan fingerprint density at radius 3 is 2.59 bits per heavy atom. The van der Waals surface area contributed by atoms with E-state index in [9.17, 15) is 4.79 Å². The van der Waals surface area contributed by atoms with E-state index in [-0.39, 0.29) is 12.1 Å². The highest BCUT2D eigenvalue weighted by Crippen LogP contribution is 2.18. The first-order valence-electron chi connectivity index (χ1n) is 8.49. The van der Waals surface area contributed by atoms with Crippen molar-refractivity contribution in [2.75, 3.05) is 12.3 Å². The van der Waals surface area contributed by atoms with Gasteiger partial charge >= 0.3 is 5.97 Å². The number of nitrogen functional groups attached to an aromatic ring is 1. The molecule has 0 heterocycles. The lowest BCUT2D eigenvalue weighted by Crippen LogP contribution is -2.38. The third-order valence-corrected chi connectivity index (χ3v) is 4.27. The van der Waals surface area contributed by atoms with Gasteiger partial charge in [-0.05, 0) is 43.5 Å². The van der Waals surface area contributed by atoms with Gasteiger partial charge in [0.1, 0.15) is 6.10 Å². The van der Waals surface area contributed by atoms with Gasteiger partial charge in [-0.3, -0.25) is 0 Å². The Hall–Kier alpha value is -1.55. The van der Waals surface area contributed by atoms with Crippen LogP contribution in [0.25, 0.3) is 0 Å². The second-order valence-electron chi connectivity index (χ2n) is 6.18. The molecule has 0 aromatic heterocycles. The van der Waals surface area contributed by atoms with Crippen molar-refractivity contribution in [3.05, 3.63) is 29.8 Å². The Balaban J connectivity index is 1.84. The first kappa shape index (κ1) is 16.8. The van der Waals surface area contributed by atoms with Crippen molar-refractivity contribution < 1.29 is 9.53 Å². The maximum absolute atomic E-state index is 12.2. The number of esters is 1. The quantitative estimate of drug-likeness (QED) is 0.597. The average molecular weight is 304 g/mol. The molecule has 0 saturated heterocycles. The molecule has 4 heteroatoms. The average Bonchev–Trinajstić information content (AvgIpc) is 2.54. The molecule has 0 radical (unpaired) electrons. The van der Waals surface area contributed by atoms with Gasteiger partial charge in [0.25, 0.3) is 0 Å². The van der Waals surface area contributed by atoms with Crippen LogP contribution in [-0.4, -0.2) is 24.7 Å². The summed E-state index contributed by atoms with van der Waals surface area (Å²) in [5, 5.41) is 3.58. The third kappa shape index (κ3) is 5.34. The van der Waals surface area contributed by atoms with Crippen LogP contribution in [0.1, 0.15) is 62.2 Å². The van der Waals surface area contributed by atoms with Gasteiger partial charge in [-0.1, -0.05) is 32.6 Å². The van der Waals surface area contributed by atoms with E-state index in [1.807, 2.05) is 0 Å². The largest absolute Gasteiger partial charge is 0.457 e. The van der Waals surface area contributed by atoms with Crippen LogP contribution in [-0.2, 0) is 4.74 Å². The van der Waals surface area contributed by atoms with Crippen LogP contribution in [0, 0.1) is 0 Å². The fourth-order valence-electron chi connectivity index (χ4n) is 2.97. The van der Waals surface area contributed by atoms with E-state index in [4.69, 9.17) is 10.5 Å². The molecule has 22 heavy (non-hydrogen) atoms. The normalized spacial score (nSPS) is 17.1. The number of hydrogen-bond donors (Lipinski definition) is 2. The summed E-state index contributed by atoms with van der Waals surface area (Å²) in [7, 11) is 0. The molecule has 1 fully saturated rings. The molecule has 1 atom stereocenters. The molecule has 1 aromatic carbocycles. The van der Waals surface area contributed by atoms with E-state index < -0.39 is 0 Å². The summed E-state index contributed by atoms with van der Waals surface area (Å²) >= 11 is 0. The van der Waals surface area contributed by atoms with Crippen molar-refractivity contribution in [3.63, 3.8) is 0 Å². The van der Waals surface area contributed by atoms with Crippen LogP contribution in [0.2, 0.25) is 0 Å². The standard InChI is InChI=1S/C18H28N2O2/c1-2-6-17(13-20-16-7-4-3-5-8-16)22-18(21)14-9-11-15(19)12-10-14/h9-12,16-17,20H,2-8,13,19H2,1H3. The van der Waals surface area contributed by atoms with Gasteiger partial charge in [0.2, 0.25) is 0 Å². The third-order valence-electron chi connectivity index (χ3n) is 4.27. The molecule has 0 amide bonds. The minimum Gasteiger partial charge on any atom is -0.457 e. The van der Waals surface area contributed by atoms with Gasteiger partial charge in [-0.25, -0.2) is 4.79 Å². The zero-order valence-corrected chi connectivity index (χ0v) is 13.5. The van der Waals surface area contributed by atoms with Crippen LogP contribution < -0.4 is 11.1 Å². The second-order valence-corrected chi connectivity index (χ2v) is 6.18. The number of hydrogen-bond acceptors (Lipinski definition) is 4. The van der Waals surface area contributed by atoms with Gasteiger partial charge in [-0.15, -0.1) is 0 Å². The number of nitrogens with two attached hydrogens (primary N) is 1. The maximum Gasteiger partial charge on any atom is 0.338 e. The highest BCUT2D eigenvalue weighted by atomic mass is 16.5. The van der Waals surface area contributed by atoms with Gasteiger partial charge in [0, 0.05) is 18.3 Å². The first-order chi connectivity index (χ1) is 10.7. The number of carbonyl (C=O) groups excluding carboxylic acids is 1. The molecule has 1 aromatic rings. The van der Waals surface area contributed by atoms with Crippen molar-refractivity contribution in [3.8, 4) is 0 Å². The lowest BCUT2D eigenvalue weighted by Gasteiger charge is -2.26. The monoisotopic (exact) mass is 304 g/mol. The molecule has 3 N–H and O–H groups in total.